The number of hydrogen-bond donors (Lipinski definition) is 0. The quantitative estimate of drug-likeness (QED) is 0.278. The topological polar surface area (TPSA) is 35.0 Å². The van der Waals surface area contributed by atoms with Crippen LogP contribution in [0.3, 0.4) is 0 Å². The van der Waals surface area contributed by atoms with E-state index in [1.165, 1.54) is 27.6 Å². The second-order valence-corrected chi connectivity index (χ2v) is 11.8. The van der Waals surface area contributed by atoms with Crippen LogP contribution in [0.5, 0.6) is 5.88 Å². The standard InChI is InChI=1S/C28H24N2OPS/c1-5-13-23(14-6-1)21-31-28-27(29-33-30-28)22-32(24-15-7-2-8-16-24,25-17-9-3-10-18-25)26-19-11-4-12-20-26/h1-20H,21-22H2/q+1. The molecule has 5 aromatic rings. The molecule has 5 heteroatoms. The Morgan fingerprint density at radius 3 is 1.52 bits per heavy atom. The van der Waals surface area contributed by atoms with Gasteiger partial charge in [-0.2, -0.15) is 4.37 Å². The van der Waals surface area contributed by atoms with Gasteiger partial charge in [-0.1, -0.05) is 84.9 Å². The average Bonchev–Trinajstić information content (AvgIpc) is 3.35. The number of benzene rings is 4. The van der Waals surface area contributed by atoms with Crippen molar-refractivity contribution in [2.75, 3.05) is 0 Å². The number of nitrogens with zero attached hydrogens (tertiary/aromatic N) is 2. The average molecular weight is 468 g/mol. The SMILES string of the molecule is c1ccc(COc2nsnc2C[P+](c2ccccc2)(c2ccccc2)c2ccccc2)cc1. The molecule has 1 aromatic heterocycles. The van der Waals surface area contributed by atoms with E-state index in [9.17, 15) is 0 Å². The van der Waals surface area contributed by atoms with Gasteiger partial charge in [-0.05, 0) is 42.0 Å². The second kappa shape index (κ2) is 10.1. The van der Waals surface area contributed by atoms with Gasteiger partial charge in [0.15, 0.2) is 5.69 Å². The molecule has 1 heterocycles. The molecule has 0 fully saturated rings. The molecule has 0 atom stereocenters. The van der Waals surface area contributed by atoms with E-state index in [0.717, 1.165) is 17.4 Å². The zero-order valence-electron chi connectivity index (χ0n) is 18.1. The molecule has 0 aliphatic rings. The summed E-state index contributed by atoms with van der Waals surface area (Å²) in [5.74, 6) is 0.635. The lowest BCUT2D eigenvalue weighted by atomic mass is 10.2. The molecule has 0 N–H and O–H groups in total. The van der Waals surface area contributed by atoms with E-state index in [0.29, 0.717) is 12.5 Å². The number of aromatic nitrogens is 2. The van der Waals surface area contributed by atoms with Crippen LogP contribution in [0, 0.1) is 0 Å². The Morgan fingerprint density at radius 1 is 0.576 bits per heavy atom. The van der Waals surface area contributed by atoms with Crippen LogP contribution in [0.25, 0.3) is 0 Å². The van der Waals surface area contributed by atoms with Gasteiger partial charge in [-0.25, -0.2) is 0 Å². The molecule has 162 valence electrons. The summed E-state index contributed by atoms with van der Waals surface area (Å²) < 4.78 is 15.4. The highest BCUT2D eigenvalue weighted by molar-refractivity contribution is 7.95. The van der Waals surface area contributed by atoms with Gasteiger partial charge in [0, 0.05) is 0 Å². The highest BCUT2D eigenvalue weighted by Crippen LogP contribution is 2.58. The zero-order valence-corrected chi connectivity index (χ0v) is 19.8. The molecular formula is C28H24N2OPS+. The van der Waals surface area contributed by atoms with Gasteiger partial charge in [0.05, 0.1) is 11.7 Å². The van der Waals surface area contributed by atoms with Gasteiger partial charge in [-0.3, -0.25) is 0 Å². The highest BCUT2D eigenvalue weighted by atomic mass is 32.1. The maximum absolute atomic E-state index is 6.17. The highest BCUT2D eigenvalue weighted by Gasteiger charge is 2.47. The van der Waals surface area contributed by atoms with Crippen molar-refractivity contribution in [1.82, 2.24) is 8.75 Å². The molecule has 0 amide bonds. The molecule has 0 spiro atoms. The predicted molar refractivity (Wildman–Crippen MR) is 140 cm³/mol. The molecule has 5 rings (SSSR count). The molecule has 0 saturated carbocycles. The van der Waals surface area contributed by atoms with Crippen LogP contribution in [0.1, 0.15) is 11.3 Å². The summed E-state index contributed by atoms with van der Waals surface area (Å²) in [6, 6.07) is 42.7. The van der Waals surface area contributed by atoms with Crippen LogP contribution in [0.4, 0.5) is 0 Å². The number of hydrogen-bond acceptors (Lipinski definition) is 4. The van der Waals surface area contributed by atoms with Crippen molar-refractivity contribution >= 4 is 34.9 Å². The monoisotopic (exact) mass is 467 g/mol. The van der Waals surface area contributed by atoms with E-state index in [1.54, 1.807) is 0 Å². The third-order valence-corrected chi connectivity index (χ3v) is 10.6. The van der Waals surface area contributed by atoms with E-state index in [-0.39, 0.29) is 0 Å². The molecular weight excluding hydrogens is 443 g/mol. The van der Waals surface area contributed by atoms with E-state index in [1.807, 2.05) is 18.2 Å². The smallest absolute Gasteiger partial charge is 0.253 e. The Hall–Kier alpha value is -3.33. The fourth-order valence-electron chi connectivity index (χ4n) is 4.12. The van der Waals surface area contributed by atoms with E-state index in [4.69, 9.17) is 9.11 Å². The van der Waals surface area contributed by atoms with Crippen LogP contribution in [-0.2, 0) is 12.8 Å². The van der Waals surface area contributed by atoms with E-state index in [2.05, 4.69) is 108 Å². The van der Waals surface area contributed by atoms with Gasteiger partial charge in [0.2, 0.25) is 0 Å². The summed E-state index contributed by atoms with van der Waals surface area (Å²) in [7, 11) is -2.04. The maximum atomic E-state index is 6.17. The molecule has 3 nitrogen and oxygen atoms in total. The molecule has 0 saturated heterocycles. The van der Waals surface area contributed by atoms with Crippen LogP contribution < -0.4 is 20.7 Å². The summed E-state index contributed by atoms with van der Waals surface area (Å²) in [5.41, 5.74) is 2.03. The van der Waals surface area contributed by atoms with Gasteiger partial charge in [0.1, 0.15) is 35.9 Å². The Balaban J connectivity index is 1.60. The van der Waals surface area contributed by atoms with Crippen molar-refractivity contribution < 1.29 is 4.74 Å². The molecule has 0 radical (unpaired) electrons. The van der Waals surface area contributed by atoms with E-state index >= 15 is 0 Å². The third kappa shape index (κ3) is 4.59. The van der Waals surface area contributed by atoms with Gasteiger partial charge < -0.3 is 4.74 Å². The van der Waals surface area contributed by atoms with Crippen molar-refractivity contribution in [1.29, 1.82) is 0 Å². The molecule has 33 heavy (non-hydrogen) atoms. The fourth-order valence-corrected chi connectivity index (χ4v) is 8.87. The lowest BCUT2D eigenvalue weighted by Gasteiger charge is -2.27. The Morgan fingerprint density at radius 2 is 1.03 bits per heavy atom. The molecule has 0 unspecified atom stereocenters. The first-order valence-corrected chi connectivity index (χ1v) is 13.6. The number of ether oxygens (including phenoxy) is 1. The summed E-state index contributed by atoms with van der Waals surface area (Å²) in [6.45, 7) is 0.479. The van der Waals surface area contributed by atoms with Crippen LogP contribution in [0.15, 0.2) is 121 Å². The number of rotatable bonds is 8. The van der Waals surface area contributed by atoms with Crippen molar-refractivity contribution in [3.63, 3.8) is 0 Å². The molecule has 4 aromatic carbocycles. The summed E-state index contributed by atoms with van der Waals surface area (Å²) in [6.07, 6.45) is 0.756. The predicted octanol–water partition coefficient (Wildman–Crippen LogP) is 5.61. The first kappa shape index (κ1) is 21.5. The van der Waals surface area contributed by atoms with Crippen molar-refractivity contribution in [2.45, 2.75) is 12.8 Å². The Labute approximate surface area is 199 Å². The van der Waals surface area contributed by atoms with E-state index < -0.39 is 7.26 Å². The van der Waals surface area contributed by atoms with Crippen molar-refractivity contribution in [3.05, 3.63) is 133 Å². The molecule has 0 aliphatic carbocycles. The largest absolute Gasteiger partial charge is 0.471 e. The van der Waals surface area contributed by atoms with Gasteiger partial charge in [-0.15, -0.1) is 4.37 Å². The minimum Gasteiger partial charge on any atom is -0.471 e. The summed E-state index contributed by atoms with van der Waals surface area (Å²) in [4.78, 5) is 0. The summed E-state index contributed by atoms with van der Waals surface area (Å²) in [5, 5.41) is 3.97. The first-order valence-electron chi connectivity index (χ1n) is 10.9. The lowest BCUT2D eigenvalue weighted by Crippen LogP contribution is -2.32. The zero-order chi connectivity index (χ0) is 22.3. The van der Waals surface area contributed by atoms with Gasteiger partial charge >= 0.3 is 0 Å². The fraction of sp³-hybridized carbons (Fsp3) is 0.0714. The van der Waals surface area contributed by atoms with Crippen LogP contribution >= 0.6 is 19.0 Å². The lowest BCUT2D eigenvalue weighted by molar-refractivity contribution is 0.294. The van der Waals surface area contributed by atoms with Crippen LogP contribution in [0.2, 0.25) is 0 Å². The second-order valence-electron chi connectivity index (χ2n) is 7.76. The Kier molecular flexibility index (Phi) is 6.57. The van der Waals surface area contributed by atoms with Crippen LogP contribution in [-0.4, -0.2) is 8.75 Å². The van der Waals surface area contributed by atoms with Crippen molar-refractivity contribution in [3.8, 4) is 5.88 Å². The minimum atomic E-state index is -2.04. The first-order chi connectivity index (χ1) is 16.4. The normalized spacial score (nSPS) is 11.3. The minimum absolute atomic E-state index is 0.479. The third-order valence-electron chi connectivity index (χ3n) is 5.72. The summed E-state index contributed by atoms with van der Waals surface area (Å²) >= 11 is 1.22. The molecule has 0 bridgehead atoms. The Bertz CT molecular complexity index is 1180. The molecule has 0 aliphatic heterocycles. The maximum Gasteiger partial charge on any atom is 0.253 e. The van der Waals surface area contributed by atoms with Gasteiger partial charge in [0.25, 0.3) is 5.88 Å². The van der Waals surface area contributed by atoms with Crippen molar-refractivity contribution in [2.24, 2.45) is 0 Å².